The van der Waals surface area contributed by atoms with Crippen LogP contribution in [0.1, 0.15) is 54.0 Å². The molecule has 0 aliphatic carbocycles. The predicted octanol–water partition coefficient (Wildman–Crippen LogP) is 7.02. The van der Waals surface area contributed by atoms with E-state index >= 15 is 8.78 Å². The Labute approximate surface area is 243 Å². The fourth-order valence-electron chi connectivity index (χ4n) is 6.99. The molecule has 2 saturated heterocycles. The number of rotatable bonds is 6. The van der Waals surface area contributed by atoms with Crippen molar-refractivity contribution in [2.75, 3.05) is 44.2 Å². The molecule has 0 saturated carbocycles. The zero-order valence-electron chi connectivity index (χ0n) is 23.5. The van der Waals surface area contributed by atoms with Crippen LogP contribution in [0, 0.1) is 17.0 Å². The van der Waals surface area contributed by atoms with Crippen LogP contribution in [0.2, 0.25) is 0 Å². The highest BCUT2D eigenvalue weighted by molar-refractivity contribution is 5.53. The second-order valence-electron chi connectivity index (χ2n) is 12.0. The van der Waals surface area contributed by atoms with E-state index in [9.17, 15) is 13.2 Å². The maximum Gasteiger partial charge on any atom is 0.401 e. The maximum atomic E-state index is 15.9. The number of ether oxygens (including phenoxy) is 1. The van der Waals surface area contributed by atoms with E-state index in [2.05, 4.69) is 5.32 Å². The van der Waals surface area contributed by atoms with E-state index in [-0.39, 0.29) is 17.5 Å². The van der Waals surface area contributed by atoms with Crippen LogP contribution in [0.4, 0.5) is 27.6 Å². The van der Waals surface area contributed by atoms with Crippen molar-refractivity contribution >= 4 is 5.69 Å². The predicted molar refractivity (Wildman–Crippen MR) is 153 cm³/mol. The van der Waals surface area contributed by atoms with E-state index in [1.54, 1.807) is 18.2 Å². The van der Waals surface area contributed by atoms with Gasteiger partial charge in [0.05, 0.1) is 12.6 Å². The summed E-state index contributed by atoms with van der Waals surface area (Å²) in [6.07, 6.45) is -0.0691. The van der Waals surface area contributed by atoms with Crippen LogP contribution in [0.3, 0.4) is 0 Å². The van der Waals surface area contributed by atoms with E-state index in [4.69, 9.17) is 4.74 Å². The van der Waals surface area contributed by atoms with Gasteiger partial charge in [-0.3, -0.25) is 4.90 Å². The third-order valence-corrected chi connectivity index (χ3v) is 9.11. The summed E-state index contributed by atoms with van der Waals surface area (Å²) in [7, 11) is 0. The van der Waals surface area contributed by atoms with Crippen LogP contribution in [0.5, 0.6) is 5.75 Å². The molecule has 3 aromatic carbocycles. The molecule has 1 spiro atoms. The van der Waals surface area contributed by atoms with E-state index < -0.39 is 30.4 Å². The summed E-state index contributed by atoms with van der Waals surface area (Å²) in [6.45, 7) is 2.45. The zero-order valence-corrected chi connectivity index (χ0v) is 23.5. The van der Waals surface area contributed by atoms with Gasteiger partial charge in [-0.15, -0.1) is 0 Å². The van der Waals surface area contributed by atoms with Crippen LogP contribution in [0.15, 0.2) is 60.7 Å². The third kappa shape index (κ3) is 6.27. The molecule has 0 aromatic heterocycles. The molecule has 1 N–H and O–H groups in total. The molecule has 3 aliphatic heterocycles. The van der Waals surface area contributed by atoms with Gasteiger partial charge in [0.25, 0.3) is 0 Å². The van der Waals surface area contributed by atoms with Gasteiger partial charge in [-0.2, -0.15) is 13.2 Å². The lowest BCUT2D eigenvalue weighted by Gasteiger charge is -2.38. The summed E-state index contributed by atoms with van der Waals surface area (Å²) < 4.78 is 78.7. The van der Waals surface area contributed by atoms with Crippen molar-refractivity contribution in [2.24, 2.45) is 5.41 Å². The van der Waals surface area contributed by atoms with Gasteiger partial charge in [0.2, 0.25) is 0 Å². The number of alkyl halides is 3. The van der Waals surface area contributed by atoms with Crippen molar-refractivity contribution in [3.8, 4) is 5.75 Å². The number of halogens is 5. The molecule has 0 amide bonds. The summed E-state index contributed by atoms with van der Waals surface area (Å²) in [5.74, 6) is -1.07. The minimum Gasteiger partial charge on any atom is -0.489 e. The maximum absolute atomic E-state index is 15.9. The number of nitrogens with one attached hydrogen (secondary N) is 1. The van der Waals surface area contributed by atoms with E-state index in [1.165, 1.54) is 12.1 Å². The highest BCUT2D eigenvalue weighted by atomic mass is 19.4. The molecule has 0 radical (unpaired) electrons. The highest BCUT2D eigenvalue weighted by Crippen LogP contribution is 2.44. The third-order valence-electron chi connectivity index (χ3n) is 9.11. The topological polar surface area (TPSA) is 27.7 Å². The zero-order chi connectivity index (χ0) is 29.3. The van der Waals surface area contributed by atoms with Crippen molar-refractivity contribution in [3.63, 3.8) is 0 Å². The van der Waals surface area contributed by atoms with Crippen molar-refractivity contribution in [1.82, 2.24) is 10.2 Å². The molecule has 2 unspecified atom stereocenters. The van der Waals surface area contributed by atoms with Crippen LogP contribution in [-0.2, 0) is 13.0 Å². The summed E-state index contributed by atoms with van der Waals surface area (Å²) >= 11 is 0. The Morgan fingerprint density at radius 2 is 1.69 bits per heavy atom. The molecular formula is C33H36F5N3O. The lowest BCUT2D eigenvalue weighted by Crippen LogP contribution is -2.42. The molecule has 9 heteroatoms. The van der Waals surface area contributed by atoms with Crippen molar-refractivity contribution in [1.29, 1.82) is 0 Å². The molecule has 3 aliphatic rings. The Bertz CT molecular complexity index is 1370. The number of nitrogens with zero attached hydrogens (tertiary/aromatic N) is 2. The fourth-order valence-corrected chi connectivity index (χ4v) is 6.99. The monoisotopic (exact) mass is 585 g/mol. The molecule has 4 nitrogen and oxygen atoms in total. The van der Waals surface area contributed by atoms with E-state index in [1.807, 2.05) is 35.2 Å². The fraction of sp³-hybridized carbons (Fsp3) is 0.455. The Balaban J connectivity index is 1.29. The Kier molecular flexibility index (Phi) is 8.16. The van der Waals surface area contributed by atoms with Gasteiger partial charge in [0, 0.05) is 30.9 Å². The molecule has 42 heavy (non-hydrogen) atoms. The minimum absolute atomic E-state index is 0.0165. The van der Waals surface area contributed by atoms with Gasteiger partial charge in [-0.25, -0.2) is 8.78 Å². The first-order chi connectivity index (χ1) is 20.2. The summed E-state index contributed by atoms with van der Waals surface area (Å²) in [5, 5.41) is 3.43. The van der Waals surface area contributed by atoms with E-state index in [0.717, 1.165) is 61.3 Å². The van der Waals surface area contributed by atoms with Crippen LogP contribution >= 0.6 is 0 Å². The minimum atomic E-state index is -4.52. The van der Waals surface area contributed by atoms with Gasteiger partial charge in [0.15, 0.2) is 0 Å². The average molecular weight is 586 g/mol. The molecule has 3 heterocycles. The van der Waals surface area contributed by atoms with Gasteiger partial charge >= 0.3 is 6.18 Å². The largest absolute Gasteiger partial charge is 0.489 e. The summed E-state index contributed by atoms with van der Waals surface area (Å²) in [5.41, 5.74) is 2.42. The highest BCUT2D eigenvalue weighted by Gasteiger charge is 2.41. The summed E-state index contributed by atoms with van der Waals surface area (Å²) in [6, 6.07) is 16.1. The van der Waals surface area contributed by atoms with Gasteiger partial charge in [-0.05, 0) is 91.6 Å². The molecule has 3 aromatic rings. The molecule has 2 atom stereocenters. The quantitative estimate of drug-likeness (QED) is 0.315. The molecule has 6 rings (SSSR count). The second kappa shape index (κ2) is 11.8. The SMILES string of the molecule is Fc1cc(N2CCC3(CCCNCC3)C2)cc(F)c1C1c2ccc(OCc3ccccc3)cc2CCN1CC(F)(F)F. The normalized spacial score (nSPS) is 23.2. The molecular weight excluding hydrogens is 549 g/mol. The van der Waals surface area contributed by atoms with Gasteiger partial charge in [-0.1, -0.05) is 36.4 Å². The number of hydrogen-bond donors (Lipinski definition) is 1. The molecule has 2 fully saturated rings. The van der Waals surface area contributed by atoms with Crippen molar-refractivity contribution in [3.05, 3.63) is 94.6 Å². The van der Waals surface area contributed by atoms with E-state index in [0.29, 0.717) is 36.6 Å². The van der Waals surface area contributed by atoms with Gasteiger partial charge in [0.1, 0.15) is 24.0 Å². The van der Waals surface area contributed by atoms with Crippen molar-refractivity contribution < 1.29 is 26.7 Å². The first-order valence-corrected chi connectivity index (χ1v) is 14.7. The number of anilines is 1. The molecule has 0 bridgehead atoms. The lowest BCUT2D eigenvalue weighted by atomic mass is 9.80. The lowest BCUT2D eigenvalue weighted by molar-refractivity contribution is -0.150. The average Bonchev–Trinajstić information content (AvgIpc) is 3.24. The van der Waals surface area contributed by atoms with Crippen LogP contribution in [-0.4, -0.2) is 50.3 Å². The summed E-state index contributed by atoms with van der Waals surface area (Å²) in [4.78, 5) is 3.16. The number of benzene rings is 3. The Morgan fingerprint density at radius 3 is 2.45 bits per heavy atom. The Morgan fingerprint density at radius 1 is 0.905 bits per heavy atom. The number of hydrogen-bond acceptors (Lipinski definition) is 4. The Hall–Kier alpha value is -3.17. The first-order valence-electron chi connectivity index (χ1n) is 14.7. The smallest absolute Gasteiger partial charge is 0.401 e. The van der Waals surface area contributed by atoms with Crippen LogP contribution < -0.4 is 15.0 Å². The number of fused-ring (bicyclic) bond motifs is 1. The first kappa shape index (κ1) is 28.9. The second-order valence-corrected chi connectivity index (χ2v) is 12.0. The van der Waals surface area contributed by atoms with Gasteiger partial charge < -0.3 is 15.0 Å². The van der Waals surface area contributed by atoms with Crippen LogP contribution in [0.25, 0.3) is 0 Å². The molecule has 224 valence electrons. The van der Waals surface area contributed by atoms with Crippen molar-refractivity contribution in [2.45, 2.75) is 50.9 Å². The standard InChI is InChI=1S/C33H36F5N3O/c34-28-18-25(40-16-12-32(21-40)10-4-13-39-14-11-32)19-29(35)30(28)31-27-8-7-26(42-20-23-5-2-1-3-6-23)17-24(27)9-15-41(31)22-33(36,37)38/h1-3,5-8,17-19,31,39H,4,9-16,20-22H2.